The molecule has 0 aromatic carbocycles. The molecule has 0 aromatic heterocycles. The number of carbonyl (C=O) groups excluding carboxylic acids is 1. The van der Waals surface area contributed by atoms with E-state index < -0.39 is 0 Å². The van der Waals surface area contributed by atoms with Crippen LogP contribution in [0, 0.1) is 0 Å². The summed E-state index contributed by atoms with van der Waals surface area (Å²) in [5.74, 6) is 0.990. The minimum absolute atomic E-state index is 0.226. The molecule has 1 N–H and O–H groups in total. The van der Waals surface area contributed by atoms with Gasteiger partial charge in [-0.25, -0.2) is 0 Å². The molecule has 0 atom stereocenters. The number of piperidine rings is 1. The zero-order valence-corrected chi connectivity index (χ0v) is 10.0. The SMILES string of the molecule is CC=C1OC2(CCNCC2)CC(=O)C1=CC. The third-order valence-electron chi connectivity index (χ3n) is 3.44. The van der Waals surface area contributed by atoms with Crippen LogP contribution >= 0.6 is 0 Å². The van der Waals surface area contributed by atoms with Gasteiger partial charge in [0.2, 0.25) is 0 Å². The molecular weight excluding hydrogens is 202 g/mol. The molecule has 3 heteroatoms. The Hall–Kier alpha value is -1.09. The van der Waals surface area contributed by atoms with Crippen molar-refractivity contribution >= 4 is 5.78 Å². The number of ketones is 1. The molecule has 0 radical (unpaired) electrons. The molecule has 2 heterocycles. The molecule has 2 aliphatic heterocycles. The third kappa shape index (κ3) is 1.92. The molecule has 0 amide bonds. The summed E-state index contributed by atoms with van der Waals surface area (Å²) in [6.07, 6.45) is 6.13. The Morgan fingerprint density at radius 1 is 1.25 bits per heavy atom. The van der Waals surface area contributed by atoms with Crippen molar-refractivity contribution in [1.82, 2.24) is 5.32 Å². The lowest BCUT2D eigenvalue weighted by Gasteiger charge is -2.42. The number of rotatable bonds is 0. The van der Waals surface area contributed by atoms with Crippen molar-refractivity contribution in [3.63, 3.8) is 0 Å². The van der Waals surface area contributed by atoms with Crippen molar-refractivity contribution in [2.45, 2.75) is 38.7 Å². The fourth-order valence-corrected chi connectivity index (χ4v) is 2.53. The maximum atomic E-state index is 12.1. The van der Waals surface area contributed by atoms with Crippen LogP contribution in [-0.2, 0) is 9.53 Å². The summed E-state index contributed by atoms with van der Waals surface area (Å²) in [5.41, 5.74) is 0.503. The first-order valence-corrected chi connectivity index (χ1v) is 5.97. The fraction of sp³-hybridized carbons (Fsp3) is 0.615. The Bertz CT molecular complexity index is 349. The van der Waals surface area contributed by atoms with E-state index >= 15 is 0 Å². The maximum Gasteiger partial charge on any atom is 0.170 e. The van der Waals surface area contributed by atoms with Gasteiger partial charge in [-0.3, -0.25) is 4.79 Å². The van der Waals surface area contributed by atoms with Crippen molar-refractivity contribution in [1.29, 1.82) is 0 Å². The van der Waals surface area contributed by atoms with Gasteiger partial charge in [-0.2, -0.15) is 0 Å². The summed E-state index contributed by atoms with van der Waals surface area (Å²) in [7, 11) is 0. The van der Waals surface area contributed by atoms with Crippen LogP contribution in [0.1, 0.15) is 33.1 Å². The molecule has 3 nitrogen and oxygen atoms in total. The number of Topliss-reactive ketones (excluding diaryl/α,β-unsaturated/α-hetero) is 1. The van der Waals surface area contributed by atoms with E-state index in [1.54, 1.807) is 0 Å². The van der Waals surface area contributed by atoms with Gasteiger partial charge in [-0.1, -0.05) is 6.08 Å². The van der Waals surface area contributed by atoms with Crippen molar-refractivity contribution in [3.05, 3.63) is 23.5 Å². The lowest BCUT2D eigenvalue weighted by molar-refractivity contribution is -0.127. The second-order valence-corrected chi connectivity index (χ2v) is 4.49. The van der Waals surface area contributed by atoms with Gasteiger partial charge < -0.3 is 10.1 Å². The Balaban J connectivity index is 2.25. The number of hydrogen-bond donors (Lipinski definition) is 1. The molecular formula is C13H19NO2. The zero-order valence-electron chi connectivity index (χ0n) is 10.0. The number of hydrogen-bond acceptors (Lipinski definition) is 3. The molecule has 0 aliphatic carbocycles. The topological polar surface area (TPSA) is 38.3 Å². The third-order valence-corrected chi connectivity index (χ3v) is 3.44. The van der Waals surface area contributed by atoms with Gasteiger partial charge in [0.05, 0.1) is 12.0 Å². The van der Waals surface area contributed by atoms with Gasteiger partial charge in [-0.05, 0) is 33.0 Å². The van der Waals surface area contributed by atoms with Gasteiger partial charge in [0.15, 0.2) is 5.78 Å². The Labute approximate surface area is 96.6 Å². The van der Waals surface area contributed by atoms with Crippen LogP contribution in [-0.4, -0.2) is 24.5 Å². The maximum absolute atomic E-state index is 12.1. The monoisotopic (exact) mass is 221 g/mol. The quantitative estimate of drug-likeness (QED) is 0.635. The molecule has 2 aliphatic rings. The summed E-state index contributed by atoms with van der Waals surface area (Å²) in [5, 5.41) is 3.30. The van der Waals surface area contributed by atoms with Crippen molar-refractivity contribution in [3.8, 4) is 0 Å². The van der Waals surface area contributed by atoms with Crippen LogP contribution < -0.4 is 5.32 Å². The van der Waals surface area contributed by atoms with E-state index in [2.05, 4.69) is 5.32 Å². The second-order valence-electron chi connectivity index (χ2n) is 4.49. The van der Waals surface area contributed by atoms with Crippen LogP contribution in [0.5, 0.6) is 0 Å². The van der Waals surface area contributed by atoms with Crippen LogP contribution in [0.3, 0.4) is 0 Å². The predicted octanol–water partition coefficient (Wildman–Crippen LogP) is 1.95. The van der Waals surface area contributed by atoms with Crippen LogP contribution in [0.25, 0.3) is 0 Å². The first-order valence-electron chi connectivity index (χ1n) is 5.97. The highest BCUT2D eigenvalue weighted by molar-refractivity contribution is 6.00. The lowest BCUT2D eigenvalue weighted by atomic mass is 9.82. The van der Waals surface area contributed by atoms with E-state index in [1.807, 2.05) is 26.0 Å². The molecule has 2 rings (SSSR count). The molecule has 2 fully saturated rings. The largest absolute Gasteiger partial charge is 0.486 e. The van der Waals surface area contributed by atoms with Crippen LogP contribution in [0.2, 0.25) is 0 Å². The standard InChI is InChI=1S/C13H19NO2/c1-3-10-11(15)9-13(16-12(10)4-2)5-7-14-8-6-13/h3-4,14H,5-9H2,1-2H3. The van der Waals surface area contributed by atoms with Crippen molar-refractivity contribution in [2.75, 3.05) is 13.1 Å². The summed E-state index contributed by atoms with van der Waals surface area (Å²) in [6.45, 7) is 5.69. The number of nitrogens with one attached hydrogen (secondary N) is 1. The molecule has 88 valence electrons. The van der Waals surface area contributed by atoms with Crippen LogP contribution in [0.15, 0.2) is 23.5 Å². The van der Waals surface area contributed by atoms with Gasteiger partial charge >= 0.3 is 0 Å². The number of ether oxygens (including phenoxy) is 1. The number of carbonyl (C=O) groups is 1. The normalized spacial score (nSPS) is 29.8. The second kappa shape index (κ2) is 4.42. The first-order chi connectivity index (χ1) is 7.71. The molecule has 1 spiro atoms. The Morgan fingerprint density at radius 3 is 2.50 bits per heavy atom. The zero-order chi connectivity index (χ0) is 11.6. The molecule has 0 unspecified atom stereocenters. The Kier molecular flexibility index (Phi) is 3.15. The van der Waals surface area contributed by atoms with Gasteiger partial charge in [0.1, 0.15) is 11.4 Å². The highest BCUT2D eigenvalue weighted by atomic mass is 16.5. The summed E-state index contributed by atoms with van der Waals surface area (Å²) < 4.78 is 6.07. The van der Waals surface area contributed by atoms with E-state index in [9.17, 15) is 4.79 Å². The Morgan fingerprint density at radius 2 is 1.94 bits per heavy atom. The summed E-state index contributed by atoms with van der Waals surface area (Å²) in [6, 6.07) is 0. The molecule has 16 heavy (non-hydrogen) atoms. The molecule has 0 bridgehead atoms. The lowest BCUT2D eigenvalue weighted by Crippen LogP contribution is -2.48. The van der Waals surface area contributed by atoms with Crippen molar-refractivity contribution < 1.29 is 9.53 Å². The van der Waals surface area contributed by atoms with Gasteiger partial charge in [0.25, 0.3) is 0 Å². The smallest absolute Gasteiger partial charge is 0.170 e. The fourth-order valence-electron chi connectivity index (χ4n) is 2.53. The summed E-state index contributed by atoms with van der Waals surface area (Å²) in [4.78, 5) is 12.1. The van der Waals surface area contributed by atoms with E-state index in [4.69, 9.17) is 4.74 Å². The minimum Gasteiger partial charge on any atom is -0.486 e. The van der Waals surface area contributed by atoms with Crippen LogP contribution in [0.4, 0.5) is 0 Å². The first kappa shape index (κ1) is 11.4. The van der Waals surface area contributed by atoms with E-state index in [0.717, 1.165) is 37.3 Å². The molecule has 2 saturated heterocycles. The van der Waals surface area contributed by atoms with Gasteiger partial charge in [0, 0.05) is 12.8 Å². The average molecular weight is 221 g/mol. The highest BCUT2D eigenvalue weighted by Crippen LogP contribution is 2.37. The number of allylic oxidation sites excluding steroid dienone is 3. The van der Waals surface area contributed by atoms with E-state index in [1.165, 1.54) is 0 Å². The van der Waals surface area contributed by atoms with Crippen molar-refractivity contribution in [2.24, 2.45) is 0 Å². The molecule has 0 saturated carbocycles. The van der Waals surface area contributed by atoms with Gasteiger partial charge in [-0.15, -0.1) is 0 Å². The predicted molar refractivity (Wildman–Crippen MR) is 63.1 cm³/mol. The average Bonchev–Trinajstić information content (AvgIpc) is 2.29. The summed E-state index contributed by atoms with van der Waals surface area (Å²) >= 11 is 0. The molecule has 0 aromatic rings. The van der Waals surface area contributed by atoms with E-state index in [-0.39, 0.29) is 11.4 Å². The minimum atomic E-state index is -0.239. The highest BCUT2D eigenvalue weighted by Gasteiger charge is 2.42. The van der Waals surface area contributed by atoms with E-state index in [0.29, 0.717) is 6.42 Å².